The van der Waals surface area contributed by atoms with E-state index >= 15 is 0 Å². The summed E-state index contributed by atoms with van der Waals surface area (Å²) in [7, 11) is 1.61. The smallest absolute Gasteiger partial charge is 0.223 e. The van der Waals surface area contributed by atoms with Crippen molar-refractivity contribution in [3.63, 3.8) is 0 Å². The number of rotatable bonds is 6. The second kappa shape index (κ2) is 7.38. The molecule has 0 bridgehead atoms. The lowest BCUT2D eigenvalue weighted by Crippen LogP contribution is -2.20. The van der Waals surface area contributed by atoms with Crippen LogP contribution in [0.5, 0.6) is 5.75 Å². The summed E-state index contributed by atoms with van der Waals surface area (Å²) in [4.78, 5) is 11.1. The van der Waals surface area contributed by atoms with Crippen LogP contribution in [0.3, 0.4) is 0 Å². The van der Waals surface area contributed by atoms with Gasteiger partial charge in [0.15, 0.2) is 0 Å². The Morgan fingerprint density at radius 3 is 2.89 bits per heavy atom. The average Bonchev–Trinajstić information content (AvgIpc) is 2.32. The Balaban J connectivity index is 2.58. The van der Waals surface area contributed by atoms with Gasteiger partial charge in [-0.15, -0.1) is 0 Å². The van der Waals surface area contributed by atoms with Crippen molar-refractivity contribution in [1.29, 1.82) is 0 Å². The Bertz CT molecular complexity index is 408. The minimum absolute atomic E-state index is 0.0251. The maximum Gasteiger partial charge on any atom is 0.223 e. The predicted molar refractivity (Wildman–Crippen MR) is 75.7 cm³/mol. The number of carbonyl (C=O) groups is 1. The number of nitrogens with one attached hydrogen (secondary N) is 1. The molecule has 1 rings (SSSR count). The Morgan fingerprint density at radius 2 is 2.28 bits per heavy atom. The van der Waals surface area contributed by atoms with Gasteiger partial charge in [0.1, 0.15) is 5.75 Å². The molecule has 100 valence electrons. The normalized spacial score (nSPS) is 12.0. The van der Waals surface area contributed by atoms with Gasteiger partial charge in [0.2, 0.25) is 5.91 Å². The van der Waals surface area contributed by atoms with Crippen LogP contribution in [0.25, 0.3) is 0 Å². The Morgan fingerprint density at radius 1 is 1.56 bits per heavy atom. The second-order valence-corrected chi connectivity index (χ2v) is 5.06. The molecule has 4 nitrogen and oxygen atoms in total. The summed E-state index contributed by atoms with van der Waals surface area (Å²) < 4.78 is 6.56. The Hall–Kier alpha value is -1.07. The molecular weight excluding hydrogens is 296 g/mol. The molecule has 0 heterocycles. The van der Waals surface area contributed by atoms with Crippen molar-refractivity contribution in [2.24, 2.45) is 5.73 Å². The number of amides is 1. The summed E-state index contributed by atoms with van der Waals surface area (Å²) >= 11 is 3.49. The average molecular weight is 315 g/mol. The van der Waals surface area contributed by atoms with Crippen molar-refractivity contribution in [2.75, 3.05) is 13.7 Å². The van der Waals surface area contributed by atoms with Gasteiger partial charge in [-0.2, -0.15) is 0 Å². The number of ether oxygens (including phenoxy) is 1. The minimum Gasteiger partial charge on any atom is -0.493 e. The highest BCUT2D eigenvalue weighted by molar-refractivity contribution is 9.10. The molecule has 0 aromatic heterocycles. The Kier molecular flexibility index (Phi) is 6.15. The Labute approximate surface area is 116 Å². The van der Waals surface area contributed by atoms with E-state index in [1.807, 2.05) is 25.1 Å². The SMILES string of the molecule is CNC(=O)CCOc1ccc(Br)c(CC(C)N)c1. The number of nitrogens with two attached hydrogens (primary N) is 1. The van der Waals surface area contributed by atoms with Crippen LogP contribution in [-0.4, -0.2) is 25.6 Å². The highest BCUT2D eigenvalue weighted by atomic mass is 79.9. The molecule has 0 aliphatic heterocycles. The summed E-state index contributed by atoms with van der Waals surface area (Å²) in [5, 5.41) is 2.55. The molecule has 1 atom stereocenters. The first-order chi connectivity index (χ1) is 8.52. The third-order valence-corrected chi connectivity index (χ3v) is 3.21. The van der Waals surface area contributed by atoms with Gasteiger partial charge in [-0.3, -0.25) is 4.79 Å². The first kappa shape index (κ1) is 15.0. The fourth-order valence-corrected chi connectivity index (χ4v) is 1.94. The molecular formula is C13H19BrN2O2. The summed E-state index contributed by atoms with van der Waals surface area (Å²) in [6.45, 7) is 2.34. The lowest BCUT2D eigenvalue weighted by Gasteiger charge is -2.11. The van der Waals surface area contributed by atoms with Crippen molar-refractivity contribution in [2.45, 2.75) is 25.8 Å². The van der Waals surface area contributed by atoms with Gasteiger partial charge < -0.3 is 15.8 Å². The predicted octanol–water partition coefficient (Wildman–Crippen LogP) is 1.85. The van der Waals surface area contributed by atoms with E-state index in [0.717, 1.165) is 22.2 Å². The molecule has 18 heavy (non-hydrogen) atoms. The zero-order chi connectivity index (χ0) is 13.5. The maximum atomic E-state index is 11.1. The zero-order valence-electron chi connectivity index (χ0n) is 10.7. The lowest BCUT2D eigenvalue weighted by atomic mass is 10.1. The van der Waals surface area contributed by atoms with Gasteiger partial charge in [0.05, 0.1) is 13.0 Å². The third-order valence-electron chi connectivity index (χ3n) is 2.44. The van der Waals surface area contributed by atoms with E-state index in [2.05, 4.69) is 21.2 Å². The molecule has 1 aromatic rings. The van der Waals surface area contributed by atoms with Crippen LogP contribution in [0.2, 0.25) is 0 Å². The number of carbonyl (C=O) groups excluding carboxylic acids is 1. The molecule has 0 aliphatic carbocycles. The molecule has 1 amide bonds. The van der Waals surface area contributed by atoms with Gasteiger partial charge in [0, 0.05) is 17.6 Å². The monoisotopic (exact) mass is 314 g/mol. The van der Waals surface area contributed by atoms with Crippen LogP contribution in [0.15, 0.2) is 22.7 Å². The van der Waals surface area contributed by atoms with Crippen molar-refractivity contribution in [1.82, 2.24) is 5.32 Å². The van der Waals surface area contributed by atoms with Gasteiger partial charge in [0.25, 0.3) is 0 Å². The van der Waals surface area contributed by atoms with Crippen LogP contribution in [0, 0.1) is 0 Å². The van der Waals surface area contributed by atoms with Crippen LogP contribution < -0.4 is 15.8 Å². The molecule has 3 N–H and O–H groups in total. The molecule has 0 saturated carbocycles. The summed E-state index contributed by atoms with van der Waals surface area (Å²) in [5.41, 5.74) is 6.90. The minimum atomic E-state index is -0.0251. The number of hydrogen-bond acceptors (Lipinski definition) is 3. The van der Waals surface area contributed by atoms with Crippen molar-refractivity contribution >= 4 is 21.8 Å². The van der Waals surface area contributed by atoms with Crippen LogP contribution in [-0.2, 0) is 11.2 Å². The molecule has 0 fully saturated rings. The van der Waals surface area contributed by atoms with Gasteiger partial charge in [-0.1, -0.05) is 15.9 Å². The quantitative estimate of drug-likeness (QED) is 0.842. The van der Waals surface area contributed by atoms with E-state index < -0.39 is 0 Å². The van der Waals surface area contributed by atoms with E-state index in [0.29, 0.717) is 13.0 Å². The van der Waals surface area contributed by atoms with E-state index in [1.165, 1.54) is 0 Å². The van der Waals surface area contributed by atoms with E-state index in [4.69, 9.17) is 10.5 Å². The highest BCUT2D eigenvalue weighted by Crippen LogP contribution is 2.23. The van der Waals surface area contributed by atoms with Crippen molar-refractivity contribution in [3.05, 3.63) is 28.2 Å². The first-order valence-corrected chi connectivity index (χ1v) is 6.69. The van der Waals surface area contributed by atoms with Crippen LogP contribution >= 0.6 is 15.9 Å². The van der Waals surface area contributed by atoms with Crippen LogP contribution in [0.4, 0.5) is 0 Å². The van der Waals surface area contributed by atoms with E-state index in [-0.39, 0.29) is 11.9 Å². The summed E-state index contributed by atoms with van der Waals surface area (Å²) in [6, 6.07) is 5.87. The van der Waals surface area contributed by atoms with Crippen LogP contribution in [0.1, 0.15) is 18.9 Å². The molecule has 0 saturated heterocycles. The molecule has 5 heteroatoms. The zero-order valence-corrected chi connectivity index (χ0v) is 12.3. The second-order valence-electron chi connectivity index (χ2n) is 4.21. The van der Waals surface area contributed by atoms with Gasteiger partial charge in [-0.05, 0) is 37.1 Å². The molecule has 0 spiro atoms. The van der Waals surface area contributed by atoms with Gasteiger partial charge >= 0.3 is 0 Å². The number of benzene rings is 1. The fourth-order valence-electron chi connectivity index (χ4n) is 1.53. The van der Waals surface area contributed by atoms with E-state index in [9.17, 15) is 4.79 Å². The number of halogens is 1. The standard InChI is InChI=1S/C13H19BrN2O2/c1-9(15)7-10-8-11(3-4-12(10)14)18-6-5-13(17)16-2/h3-4,8-9H,5-7,15H2,1-2H3,(H,16,17). The first-order valence-electron chi connectivity index (χ1n) is 5.90. The largest absolute Gasteiger partial charge is 0.493 e. The summed E-state index contributed by atoms with van der Waals surface area (Å²) in [6.07, 6.45) is 1.14. The molecule has 0 radical (unpaired) electrons. The third kappa shape index (κ3) is 5.06. The maximum absolute atomic E-state index is 11.1. The van der Waals surface area contributed by atoms with Crippen molar-refractivity contribution in [3.8, 4) is 5.75 Å². The molecule has 1 aromatic carbocycles. The highest BCUT2D eigenvalue weighted by Gasteiger charge is 2.06. The molecule has 1 unspecified atom stereocenters. The summed E-state index contributed by atoms with van der Waals surface area (Å²) in [5.74, 6) is 0.737. The van der Waals surface area contributed by atoms with Gasteiger partial charge in [-0.25, -0.2) is 0 Å². The van der Waals surface area contributed by atoms with Crippen molar-refractivity contribution < 1.29 is 9.53 Å². The number of hydrogen-bond donors (Lipinski definition) is 2. The fraction of sp³-hybridized carbons (Fsp3) is 0.462. The molecule has 0 aliphatic rings. The lowest BCUT2D eigenvalue weighted by molar-refractivity contribution is -0.121. The van der Waals surface area contributed by atoms with E-state index in [1.54, 1.807) is 7.05 Å². The topological polar surface area (TPSA) is 64.3 Å².